The van der Waals surface area contributed by atoms with Gasteiger partial charge in [-0.1, -0.05) is 45.4 Å². The number of benzene rings is 1. The lowest BCUT2D eigenvalue weighted by molar-refractivity contribution is 0.535. The van der Waals surface area contributed by atoms with E-state index in [0.717, 1.165) is 24.5 Å². The molecule has 0 radical (unpaired) electrons. The van der Waals surface area contributed by atoms with Gasteiger partial charge >= 0.3 is 0 Å². The molecule has 0 saturated heterocycles. The molecule has 0 fully saturated rings. The number of anilines is 1. The molecule has 0 unspecified atom stereocenters. The summed E-state index contributed by atoms with van der Waals surface area (Å²) >= 11 is 6.51. The lowest BCUT2D eigenvalue weighted by Gasteiger charge is -2.28. The zero-order chi connectivity index (χ0) is 15.8. The van der Waals surface area contributed by atoms with Gasteiger partial charge in [0.1, 0.15) is 0 Å². The molecule has 0 aliphatic heterocycles. The third kappa shape index (κ3) is 6.71. The highest BCUT2D eigenvalue weighted by Crippen LogP contribution is 2.28. The van der Waals surface area contributed by atoms with Crippen LogP contribution in [0.5, 0.6) is 0 Å². The Morgan fingerprint density at radius 1 is 1.05 bits per heavy atom. The molecular formula is C18H31ClN2. The van der Waals surface area contributed by atoms with Gasteiger partial charge < -0.3 is 10.6 Å². The number of hydrogen-bond donors (Lipinski definition) is 1. The number of hydrogen-bond acceptors (Lipinski definition) is 2. The lowest BCUT2D eigenvalue weighted by atomic mass is 10.1. The molecule has 0 aromatic heterocycles. The van der Waals surface area contributed by atoms with Gasteiger partial charge in [0.15, 0.2) is 0 Å². The summed E-state index contributed by atoms with van der Waals surface area (Å²) in [6, 6.07) is 6.39. The van der Waals surface area contributed by atoms with Crippen molar-refractivity contribution in [3.8, 4) is 0 Å². The summed E-state index contributed by atoms with van der Waals surface area (Å²) in [4.78, 5) is 2.44. The number of nitrogens with zero attached hydrogens (tertiary/aromatic N) is 1. The summed E-state index contributed by atoms with van der Waals surface area (Å²) in [7, 11) is 0. The van der Waals surface area contributed by atoms with E-state index >= 15 is 0 Å². The summed E-state index contributed by atoms with van der Waals surface area (Å²) in [5.41, 5.74) is 8.00. The molecule has 0 aliphatic rings. The predicted octanol–water partition coefficient (Wildman–Crippen LogP) is 4.74. The molecule has 0 spiro atoms. The highest BCUT2D eigenvalue weighted by molar-refractivity contribution is 6.33. The van der Waals surface area contributed by atoms with Crippen molar-refractivity contribution >= 4 is 17.3 Å². The maximum absolute atomic E-state index is 6.51. The molecule has 0 saturated carbocycles. The fourth-order valence-corrected chi connectivity index (χ4v) is 2.63. The molecule has 2 nitrogen and oxygen atoms in total. The summed E-state index contributed by atoms with van der Waals surface area (Å²) < 4.78 is 0. The van der Waals surface area contributed by atoms with Crippen molar-refractivity contribution in [2.45, 2.75) is 47.0 Å². The van der Waals surface area contributed by atoms with Gasteiger partial charge in [0, 0.05) is 13.1 Å². The van der Waals surface area contributed by atoms with Crippen LogP contribution in [-0.2, 0) is 6.42 Å². The molecular weight excluding hydrogens is 280 g/mol. The second-order valence-corrected chi connectivity index (χ2v) is 7.08. The van der Waals surface area contributed by atoms with Crippen molar-refractivity contribution in [3.63, 3.8) is 0 Å². The van der Waals surface area contributed by atoms with E-state index in [1.165, 1.54) is 24.1 Å². The number of halogens is 1. The van der Waals surface area contributed by atoms with E-state index < -0.39 is 0 Å². The van der Waals surface area contributed by atoms with Crippen LogP contribution >= 0.6 is 11.6 Å². The SMILES string of the molecule is CC(C)CCN(CCC(C)C)c1ccc(CCN)cc1Cl. The van der Waals surface area contributed by atoms with Crippen LogP contribution in [0.4, 0.5) is 5.69 Å². The maximum Gasteiger partial charge on any atom is 0.0642 e. The predicted molar refractivity (Wildman–Crippen MR) is 95.3 cm³/mol. The Kier molecular flexibility index (Phi) is 8.13. The van der Waals surface area contributed by atoms with Crippen LogP contribution in [0.15, 0.2) is 18.2 Å². The van der Waals surface area contributed by atoms with Crippen LogP contribution in [0.2, 0.25) is 5.02 Å². The zero-order valence-electron chi connectivity index (χ0n) is 14.0. The highest BCUT2D eigenvalue weighted by Gasteiger charge is 2.12. The van der Waals surface area contributed by atoms with Gasteiger partial charge in [-0.25, -0.2) is 0 Å². The maximum atomic E-state index is 6.51. The number of nitrogens with two attached hydrogens (primary N) is 1. The molecule has 1 rings (SSSR count). The van der Waals surface area contributed by atoms with Crippen molar-refractivity contribution in [1.29, 1.82) is 0 Å². The van der Waals surface area contributed by atoms with Crippen molar-refractivity contribution in [2.75, 3.05) is 24.5 Å². The summed E-state index contributed by atoms with van der Waals surface area (Å²) in [5, 5.41) is 0.855. The van der Waals surface area contributed by atoms with E-state index in [-0.39, 0.29) is 0 Å². The topological polar surface area (TPSA) is 29.3 Å². The van der Waals surface area contributed by atoms with E-state index in [1.807, 2.05) is 0 Å². The molecule has 0 atom stereocenters. The van der Waals surface area contributed by atoms with Crippen LogP contribution in [0.3, 0.4) is 0 Å². The third-order valence-electron chi connectivity index (χ3n) is 3.74. The first kappa shape index (κ1) is 18.3. The second kappa shape index (κ2) is 9.32. The monoisotopic (exact) mass is 310 g/mol. The first-order valence-corrected chi connectivity index (χ1v) is 8.55. The standard InChI is InChI=1S/C18H31ClN2/c1-14(2)8-11-21(12-9-15(3)4)18-6-5-16(7-10-20)13-17(18)19/h5-6,13-15H,7-12,20H2,1-4H3. The van der Waals surface area contributed by atoms with Gasteiger partial charge in [0.05, 0.1) is 10.7 Å². The lowest BCUT2D eigenvalue weighted by Crippen LogP contribution is -2.27. The Morgan fingerprint density at radius 2 is 1.62 bits per heavy atom. The van der Waals surface area contributed by atoms with E-state index in [9.17, 15) is 0 Å². The van der Waals surface area contributed by atoms with Crippen LogP contribution in [-0.4, -0.2) is 19.6 Å². The van der Waals surface area contributed by atoms with E-state index in [2.05, 4.69) is 50.8 Å². The van der Waals surface area contributed by atoms with Crippen LogP contribution in [0, 0.1) is 11.8 Å². The molecule has 21 heavy (non-hydrogen) atoms. The van der Waals surface area contributed by atoms with Crippen molar-refractivity contribution in [1.82, 2.24) is 0 Å². The van der Waals surface area contributed by atoms with E-state index in [4.69, 9.17) is 17.3 Å². The molecule has 0 bridgehead atoms. The minimum absolute atomic E-state index is 0.667. The Labute approximate surface area is 135 Å². The van der Waals surface area contributed by atoms with Gasteiger partial charge in [-0.15, -0.1) is 0 Å². The Morgan fingerprint density at radius 3 is 2.05 bits per heavy atom. The number of rotatable bonds is 9. The van der Waals surface area contributed by atoms with Crippen molar-refractivity contribution < 1.29 is 0 Å². The quantitative estimate of drug-likeness (QED) is 0.714. The van der Waals surface area contributed by atoms with E-state index in [0.29, 0.717) is 18.4 Å². The molecule has 2 N–H and O–H groups in total. The minimum atomic E-state index is 0.667. The zero-order valence-corrected chi connectivity index (χ0v) is 14.8. The molecule has 1 aromatic rings. The van der Waals surface area contributed by atoms with Gasteiger partial charge in [-0.3, -0.25) is 0 Å². The molecule has 120 valence electrons. The van der Waals surface area contributed by atoms with Gasteiger partial charge in [0.25, 0.3) is 0 Å². The minimum Gasteiger partial charge on any atom is -0.370 e. The molecule has 0 amide bonds. The third-order valence-corrected chi connectivity index (χ3v) is 4.04. The highest BCUT2D eigenvalue weighted by atomic mass is 35.5. The molecule has 1 aromatic carbocycles. The second-order valence-electron chi connectivity index (χ2n) is 6.68. The Hall–Kier alpha value is -0.730. The van der Waals surface area contributed by atoms with E-state index in [1.54, 1.807) is 0 Å². The summed E-state index contributed by atoms with van der Waals surface area (Å²) in [6.45, 7) is 11.9. The largest absolute Gasteiger partial charge is 0.370 e. The fourth-order valence-electron chi connectivity index (χ4n) is 2.31. The smallest absolute Gasteiger partial charge is 0.0642 e. The van der Waals surface area contributed by atoms with Crippen molar-refractivity contribution in [3.05, 3.63) is 28.8 Å². The Balaban J connectivity index is 2.84. The first-order valence-electron chi connectivity index (χ1n) is 8.17. The fraction of sp³-hybridized carbons (Fsp3) is 0.667. The van der Waals surface area contributed by atoms with Crippen LogP contribution in [0.1, 0.15) is 46.1 Å². The normalized spacial score (nSPS) is 11.4. The van der Waals surface area contributed by atoms with Gasteiger partial charge in [-0.05, 0) is 55.3 Å². The van der Waals surface area contributed by atoms with Crippen LogP contribution in [0.25, 0.3) is 0 Å². The Bertz CT molecular complexity index is 404. The first-order chi connectivity index (χ1) is 9.93. The average Bonchev–Trinajstić information content (AvgIpc) is 2.40. The van der Waals surface area contributed by atoms with Crippen LogP contribution < -0.4 is 10.6 Å². The molecule has 3 heteroatoms. The molecule has 0 heterocycles. The molecule has 0 aliphatic carbocycles. The average molecular weight is 311 g/mol. The van der Waals surface area contributed by atoms with Crippen molar-refractivity contribution in [2.24, 2.45) is 17.6 Å². The summed E-state index contributed by atoms with van der Waals surface area (Å²) in [6.07, 6.45) is 3.27. The van der Waals surface area contributed by atoms with Gasteiger partial charge in [0.2, 0.25) is 0 Å². The van der Waals surface area contributed by atoms with Gasteiger partial charge in [-0.2, -0.15) is 0 Å². The summed E-state index contributed by atoms with van der Waals surface area (Å²) in [5.74, 6) is 1.42.